The zero-order valence-electron chi connectivity index (χ0n) is 11.0. The molecule has 18 heavy (non-hydrogen) atoms. The van der Waals surface area contributed by atoms with Crippen LogP contribution in [0.1, 0.15) is 43.2 Å². The molecule has 2 nitrogen and oxygen atoms in total. The van der Waals surface area contributed by atoms with Crippen molar-refractivity contribution in [2.24, 2.45) is 5.73 Å². The van der Waals surface area contributed by atoms with Crippen LogP contribution in [0, 0.1) is 6.92 Å². The molecule has 1 aliphatic rings. The molecule has 2 N–H and O–H groups in total. The highest BCUT2D eigenvalue weighted by molar-refractivity contribution is 5.84. The molecule has 1 fully saturated rings. The molecule has 1 aromatic carbocycles. The number of rotatable bonds is 2. The molecule has 1 saturated carbocycles. The van der Waals surface area contributed by atoms with Gasteiger partial charge >= 0.3 is 0 Å². The van der Waals surface area contributed by atoms with Crippen LogP contribution in [-0.4, -0.2) is 6.54 Å². The maximum Gasteiger partial charge on any atom is 0.137 e. The summed E-state index contributed by atoms with van der Waals surface area (Å²) < 4.78 is 5.80. The standard InChI is InChI=1S/C16H21NO/c1-12-6-5-7-13-14(10-18-15(12)13)16(11-17)8-3-2-4-9-16/h5-7,10H,2-4,8-9,11,17H2,1H3. The minimum absolute atomic E-state index is 0.150. The molecule has 2 heteroatoms. The Hall–Kier alpha value is -1.28. The van der Waals surface area contributed by atoms with Crippen molar-refractivity contribution in [3.63, 3.8) is 0 Å². The van der Waals surface area contributed by atoms with Crippen molar-refractivity contribution in [2.75, 3.05) is 6.54 Å². The van der Waals surface area contributed by atoms with Gasteiger partial charge in [-0.05, 0) is 25.3 Å². The summed E-state index contributed by atoms with van der Waals surface area (Å²) >= 11 is 0. The number of aryl methyl sites for hydroxylation is 1. The number of hydrogen-bond acceptors (Lipinski definition) is 2. The number of hydrogen-bond donors (Lipinski definition) is 1. The van der Waals surface area contributed by atoms with Crippen molar-refractivity contribution >= 4 is 11.0 Å². The number of nitrogens with two attached hydrogens (primary N) is 1. The highest BCUT2D eigenvalue weighted by atomic mass is 16.3. The Morgan fingerprint density at radius 1 is 1.22 bits per heavy atom. The molecule has 0 atom stereocenters. The van der Waals surface area contributed by atoms with Gasteiger partial charge in [0.1, 0.15) is 5.58 Å². The number of benzene rings is 1. The van der Waals surface area contributed by atoms with E-state index < -0.39 is 0 Å². The van der Waals surface area contributed by atoms with Crippen LogP contribution >= 0.6 is 0 Å². The normalized spacial score (nSPS) is 19.2. The Kier molecular flexibility index (Phi) is 2.90. The van der Waals surface area contributed by atoms with E-state index in [0.29, 0.717) is 0 Å². The van der Waals surface area contributed by atoms with Gasteiger partial charge in [-0.1, -0.05) is 37.5 Å². The van der Waals surface area contributed by atoms with Crippen molar-refractivity contribution in [1.29, 1.82) is 0 Å². The second-order valence-corrected chi connectivity index (χ2v) is 5.65. The van der Waals surface area contributed by atoms with Crippen LogP contribution in [0.15, 0.2) is 28.9 Å². The van der Waals surface area contributed by atoms with Crippen molar-refractivity contribution in [2.45, 2.75) is 44.4 Å². The lowest BCUT2D eigenvalue weighted by Crippen LogP contribution is -2.36. The molecule has 0 unspecified atom stereocenters. The molecule has 1 heterocycles. The summed E-state index contributed by atoms with van der Waals surface area (Å²) in [4.78, 5) is 0. The fraction of sp³-hybridized carbons (Fsp3) is 0.500. The van der Waals surface area contributed by atoms with Gasteiger partial charge in [-0.15, -0.1) is 0 Å². The second kappa shape index (κ2) is 4.43. The molecular formula is C16H21NO. The number of para-hydroxylation sites is 1. The fourth-order valence-corrected chi connectivity index (χ4v) is 3.42. The molecule has 1 aromatic heterocycles. The molecular weight excluding hydrogens is 222 g/mol. The lowest BCUT2D eigenvalue weighted by atomic mass is 9.69. The van der Waals surface area contributed by atoms with Crippen LogP contribution in [-0.2, 0) is 5.41 Å². The van der Waals surface area contributed by atoms with E-state index in [2.05, 4.69) is 25.1 Å². The third kappa shape index (κ3) is 1.67. The quantitative estimate of drug-likeness (QED) is 0.868. The largest absolute Gasteiger partial charge is 0.464 e. The minimum atomic E-state index is 0.150. The van der Waals surface area contributed by atoms with Crippen LogP contribution in [0.3, 0.4) is 0 Å². The molecule has 0 amide bonds. The zero-order chi connectivity index (χ0) is 12.6. The zero-order valence-corrected chi connectivity index (χ0v) is 11.0. The summed E-state index contributed by atoms with van der Waals surface area (Å²) in [6.07, 6.45) is 8.27. The van der Waals surface area contributed by atoms with Crippen molar-refractivity contribution < 1.29 is 4.42 Å². The first-order chi connectivity index (χ1) is 8.77. The highest BCUT2D eigenvalue weighted by Crippen LogP contribution is 2.42. The number of furan rings is 1. The van der Waals surface area contributed by atoms with Crippen LogP contribution < -0.4 is 5.73 Å². The average Bonchev–Trinajstić information content (AvgIpc) is 2.85. The van der Waals surface area contributed by atoms with Crippen LogP contribution in [0.2, 0.25) is 0 Å². The van der Waals surface area contributed by atoms with Gasteiger partial charge in [-0.2, -0.15) is 0 Å². The monoisotopic (exact) mass is 243 g/mol. The SMILES string of the molecule is Cc1cccc2c(C3(CN)CCCCC3)coc12. The molecule has 0 aliphatic heterocycles. The molecule has 0 saturated heterocycles. The van der Waals surface area contributed by atoms with Gasteiger partial charge in [-0.25, -0.2) is 0 Å². The maximum atomic E-state index is 6.12. The maximum absolute atomic E-state index is 6.12. The summed E-state index contributed by atoms with van der Waals surface area (Å²) in [5.74, 6) is 0. The molecule has 0 radical (unpaired) electrons. The third-order valence-electron chi connectivity index (χ3n) is 4.57. The predicted octanol–water partition coefficient (Wildman–Crippen LogP) is 3.90. The highest BCUT2D eigenvalue weighted by Gasteiger charge is 2.35. The van der Waals surface area contributed by atoms with E-state index in [1.165, 1.54) is 48.6 Å². The van der Waals surface area contributed by atoms with Gasteiger partial charge in [0.15, 0.2) is 0 Å². The summed E-state index contributed by atoms with van der Waals surface area (Å²) in [6, 6.07) is 6.39. The Morgan fingerprint density at radius 2 is 2.00 bits per heavy atom. The fourth-order valence-electron chi connectivity index (χ4n) is 3.42. The van der Waals surface area contributed by atoms with E-state index >= 15 is 0 Å². The Bertz CT molecular complexity index is 549. The van der Waals surface area contributed by atoms with E-state index in [0.717, 1.165) is 12.1 Å². The first-order valence-electron chi connectivity index (χ1n) is 6.94. The van der Waals surface area contributed by atoms with Gasteiger partial charge in [0.05, 0.1) is 6.26 Å². The average molecular weight is 243 g/mol. The van der Waals surface area contributed by atoms with Crippen LogP contribution in [0.25, 0.3) is 11.0 Å². The van der Waals surface area contributed by atoms with Gasteiger partial charge in [0.2, 0.25) is 0 Å². The van der Waals surface area contributed by atoms with Gasteiger partial charge in [0, 0.05) is 22.9 Å². The summed E-state index contributed by atoms with van der Waals surface area (Å²) in [7, 11) is 0. The first kappa shape index (κ1) is 11.8. The Labute approximate surface area is 108 Å². The van der Waals surface area contributed by atoms with Gasteiger partial charge < -0.3 is 10.2 Å². The van der Waals surface area contributed by atoms with Crippen molar-refractivity contribution in [3.8, 4) is 0 Å². The third-order valence-corrected chi connectivity index (χ3v) is 4.57. The molecule has 2 aromatic rings. The lowest BCUT2D eigenvalue weighted by molar-refractivity contribution is 0.300. The molecule has 1 aliphatic carbocycles. The van der Waals surface area contributed by atoms with E-state index in [1.807, 2.05) is 6.26 Å². The smallest absolute Gasteiger partial charge is 0.137 e. The van der Waals surface area contributed by atoms with E-state index in [-0.39, 0.29) is 5.41 Å². The van der Waals surface area contributed by atoms with E-state index in [4.69, 9.17) is 10.2 Å². The minimum Gasteiger partial charge on any atom is -0.464 e. The van der Waals surface area contributed by atoms with Crippen molar-refractivity contribution in [1.82, 2.24) is 0 Å². The van der Waals surface area contributed by atoms with Gasteiger partial charge in [0.25, 0.3) is 0 Å². The summed E-state index contributed by atoms with van der Waals surface area (Å²) in [5.41, 5.74) is 9.85. The van der Waals surface area contributed by atoms with Gasteiger partial charge in [-0.3, -0.25) is 0 Å². The topological polar surface area (TPSA) is 39.2 Å². The molecule has 96 valence electrons. The summed E-state index contributed by atoms with van der Waals surface area (Å²) in [6.45, 7) is 2.83. The predicted molar refractivity (Wildman–Crippen MR) is 74.8 cm³/mol. The van der Waals surface area contributed by atoms with E-state index in [1.54, 1.807) is 0 Å². The van der Waals surface area contributed by atoms with Crippen molar-refractivity contribution in [3.05, 3.63) is 35.6 Å². The molecule has 0 spiro atoms. The van der Waals surface area contributed by atoms with Crippen LogP contribution in [0.4, 0.5) is 0 Å². The molecule has 3 rings (SSSR count). The first-order valence-corrected chi connectivity index (χ1v) is 6.94. The Balaban J connectivity index is 2.15. The summed E-state index contributed by atoms with van der Waals surface area (Å²) in [5, 5.41) is 1.27. The van der Waals surface area contributed by atoms with Crippen LogP contribution in [0.5, 0.6) is 0 Å². The lowest BCUT2D eigenvalue weighted by Gasteiger charge is -2.35. The van der Waals surface area contributed by atoms with E-state index in [9.17, 15) is 0 Å². The second-order valence-electron chi connectivity index (χ2n) is 5.65. The number of fused-ring (bicyclic) bond motifs is 1. The molecule has 0 bridgehead atoms. The Morgan fingerprint density at radius 3 is 2.72 bits per heavy atom.